The van der Waals surface area contributed by atoms with Crippen LogP contribution < -0.4 is 20.7 Å². The van der Waals surface area contributed by atoms with Gasteiger partial charge in [-0.1, -0.05) is 109 Å². The highest BCUT2D eigenvalue weighted by molar-refractivity contribution is 7.85. The molecule has 1 aliphatic rings. The zero-order valence-corrected chi connectivity index (χ0v) is 21.8. The third-order valence-electron chi connectivity index (χ3n) is 6.97. The van der Waals surface area contributed by atoms with Crippen molar-refractivity contribution in [1.29, 1.82) is 0 Å². The largest absolute Gasteiger partial charge is 0.456 e. The minimum Gasteiger partial charge on any atom is -0.456 e. The summed E-state index contributed by atoms with van der Waals surface area (Å²) in [4.78, 5) is 9.84. The predicted molar refractivity (Wildman–Crippen MR) is 158 cm³/mol. The molecule has 0 saturated carbocycles. The van der Waals surface area contributed by atoms with Gasteiger partial charge >= 0.3 is 0 Å². The summed E-state index contributed by atoms with van der Waals surface area (Å²) >= 11 is 0. The maximum atomic E-state index is 14.9. The lowest BCUT2D eigenvalue weighted by Gasteiger charge is -2.29. The molecule has 0 aliphatic carbocycles. The number of para-hydroxylation sites is 1. The molecule has 0 radical (unpaired) electrons. The van der Waals surface area contributed by atoms with Gasteiger partial charge < -0.3 is 9.30 Å². The second-order valence-corrected chi connectivity index (χ2v) is 12.1. The molecule has 0 N–H and O–H groups in total. The van der Waals surface area contributed by atoms with Gasteiger partial charge in [-0.2, -0.15) is 0 Å². The first-order valence-corrected chi connectivity index (χ1v) is 14.5. The Morgan fingerprint density at radius 2 is 1.05 bits per heavy atom. The fourth-order valence-corrected chi connectivity index (χ4v) is 7.89. The summed E-state index contributed by atoms with van der Waals surface area (Å²) in [5, 5.41) is 2.20. The Balaban J connectivity index is 1.41. The third-order valence-corrected chi connectivity index (χ3v) is 10.1. The number of fused-ring (bicyclic) bond motifs is 2. The average Bonchev–Trinajstić information content (AvgIpc) is 3.02. The molecule has 1 aromatic heterocycles. The fraction of sp³-hybridized carbons (Fsp3) is 0. The van der Waals surface area contributed by atoms with Crippen molar-refractivity contribution < 1.29 is 9.30 Å². The molecule has 0 amide bonds. The second kappa shape index (κ2) is 9.50. The van der Waals surface area contributed by atoms with Gasteiger partial charge in [-0.3, -0.25) is 0 Å². The number of hydrogen-bond acceptors (Lipinski definition) is 4. The molecule has 0 spiro atoms. The summed E-state index contributed by atoms with van der Waals surface area (Å²) in [5.74, 6) is 1.84. The topological polar surface area (TPSA) is 52.1 Å². The summed E-state index contributed by atoms with van der Waals surface area (Å²) in [6, 6.07) is 45.2. The SMILES string of the molecule is O=P1(c2ccccc2)c2ccccc2Oc2cc(-c3cc(-c4ccccc4)nc(-c4ccccc4)n3)ccc21. The van der Waals surface area contributed by atoms with Gasteiger partial charge in [0.25, 0.3) is 0 Å². The molecule has 0 fully saturated rings. The Hall–Kier alpha value is -4.79. The highest BCUT2D eigenvalue weighted by Crippen LogP contribution is 2.51. The Bertz CT molecular complexity index is 1800. The smallest absolute Gasteiger partial charge is 0.178 e. The monoisotopic (exact) mass is 522 g/mol. The van der Waals surface area contributed by atoms with Gasteiger partial charge in [0.05, 0.1) is 22.0 Å². The Labute approximate surface area is 227 Å². The standard InChI is InChI=1S/C34H23N2O2P/c37-39(27-16-8-3-9-17-27)32-19-11-10-18-30(32)38-31-22-26(20-21-33(31)39)29-23-28(24-12-4-1-5-13-24)35-34(36-29)25-14-6-2-7-15-25/h1-23H. The van der Waals surface area contributed by atoms with E-state index in [2.05, 4.69) is 0 Å². The Morgan fingerprint density at radius 3 is 1.77 bits per heavy atom. The van der Waals surface area contributed by atoms with E-state index in [1.807, 2.05) is 140 Å². The Kier molecular flexibility index (Phi) is 5.69. The number of nitrogens with zero attached hydrogens (tertiary/aromatic N) is 2. The molecule has 0 bridgehead atoms. The van der Waals surface area contributed by atoms with Crippen molar-refractivity contribution in [2.75, 3.05) is 0 Å². The highest BCUT2D eigenvalue weighted by atomic mass is 31.2. The molecular weight excluding hydrogens is 499 g/mol. The van der Waals surface area contributed by atoms with Crippen LogP contribution in [0, 0.1) is 0 Å². The van der Waals surface area contributed by atoms with Crippen LogP contribution in [0.25, 0.3) is 33.9 Å². The molecule has 0 saturated heterocycles. The average molecular weight is 523 g/mol. The number of benzene rings is 5. The van der Waals surface area contributed by atoms with Crippen molar-refractivity contribution >= 4 is 23.1 Å². The lowest BCUT2D eigenvalue weighted by atomic mass is 10.1. The van der Waals surface area contributed by atoms with Gasteiger partial charge in [0, 0.05) is 22.0 Å². The zero-order valence-electron chi connectivity index (χ0n) is 20.9. The van der Waals surface area contributed by atoms with E-state index in [9.17, 15) is 4.57 Å². The van der Waals surface area contributed by atoms with Gasteiger partial charge in [0.2, 0.25) is 0 Å². The minimum atomic E-state index is -3.13. The van der Waals surface area contributed by atoms with Crippen LogP contribution in [0.2, 0.25) is 0 Å². The van der Waals surface area contributed by atoms with Gasteiger partial charge in [-0.15, -0.1) is 0 Å². The summed E-state index contributed by atoms with van der Waals surface area (Å²) in [6.07, 6.45) is 0. The van der Waals surface area contributed by atoms with Crippen molar-refractivity contribution in [3.05, 3.63) is 140 Å². The van der Waals surface area contributed by atoms with Gasteiger partial charge in [0.15, 0.2) is 13.0 Å². The van der Waals surface area contributed by atoms with Crippen molar-refractivity contribution in [3.8, 4) is 45.4 Å². The minimum absolute atomic E-state index is 0.583. The number of hydrogen-bond donors (Lipinski definition) is 0. The molecule has 7 rings (SSSR count). The van der Waals surface area contributed by atoms with Gasteiger partial charge in [-0.05, 0) is 30.3 Å². The van der Waals surface area contributed by atoms with Crippen molar-refractivity contribution in [3.63, 3.8) is 0 Å². The van der Waals surface area contributed by atoms with Crippen LogP contribution in [-0.2, 0) is 4.57 Å². The molecule has 5 heteroatoms. The molecule has 186 valence electrons. The van der Waals surface area contributed by atoms with Crippen LogP contribution in [0.15, 0.2) is 140 Å². The maximum Gasteiger partial charge on any atom is 0.178 e. The van der Waals surface area contributed by atoms with E-state index < -0.39 is 7.14 Å². The molecule has 6 aromatic rings. The summed E-state index contributed by atoms with van der Waals surface area (Å²) in [7, 11) is -3.13. The lowest BCUT2D eigenvalue weighted by molar-refractivity contribution is 0.485. The fourth-order valence-electron chi connectivity index (χ4n) is 5.05. The van der Waals surface area contributed by atoms with Crippen molar-refractivity contribution in [2.24, 2.45) is 0 Å². The van der Waals surface area contributed by atoms with Gasteiger partial charge in [-0.25, -0.2) is 9.97 Å². The molecule has 2 heterocycles. The normalized spacial score (nSPS) is 15.6. The number of aromatic nitrogens is 2. The molecule has 39 heavy (non-hydrogen) atoms. The lowest BCUT2D eigenvalue weighted by Crippen LogP contribution is -2.30. The molecule has 5 aromatic carbocycles. The van der Waals surface area contributed by atoms with E-state index >= 15 is 0 Å². The molecular formula is C34H23N2O2P. The number of rotatable bonds is 4. The molecule has 1 aliphatic heterocycles. The van der Waals surface area contributed by atoms with Crippen LogP contribution in [0.3, 0.4) is 0 Å². The summed E-state index contributed by atoms with van der Waals surface area (Å²) < 4.78 is 21.3. The van der Waals surface area contributed by atoms with Crippen molar-refractivity contribution in [1.82, 2.24) is 9.97 Å². The third kappa shape index (κ3) is 4.06. The van der Waals surface area contributed by atoms with Crippen LogP contribution in [-0.4, -0.2) is 9.97 Å². The van der Waals surface area contributed by atoms with E-state index in [1.165, 1.54) is 0 Å². The first-order valence-electron chi connectivity index (χ1n) is 12.8. The Morgan fingerprint density at radius 1 is 0.487 bits per heavy atom. The summed E-state index contributed by atoms with van der Waals surface area (Å²) in [5.41, 5.74) is 4.41. The quantitative estimate of drug-likeness (QED) is 0.229. The van der Waals surface area contributed by atoms with Gasteiger partial charge in [0.1, 0.15) is 11.5 Å². The predicted octanol–water partition coefficient (Wildman–Crippen LogP) is 7.22. The summed E-state index contributed by atoms with van der Waals surface area (Å²) in [6.45, 7) is 0. The molecule has 1 atom stereocenters. The zero-order chi connectivity index (χ0) is 26.2. The van der Waals surface area contributed by atoms with Crippen molar-refractivity contribution in [2.45, 2.75) is 0 Å². The highest BCUT2D eigenvalue weighted by Gasteiger charge is 2.39. The number of ether oxygens (including phenoxy) is 1. The van der Waals surface area contributed by atoms with E-state index in [-0.39, 0.29) is 0 Å². The van der Waals surface area contributed by atoms with E-state index in [0.717, 1.165) is 38.7 Å². The van der Waals surface area contributed by atoms with Crippen LogP contribution in [0.4, 0.5) is 0 Å². The van der Waals surface area contributed by atoms with E-state index in [1.54, 1.807) is 0 Å². The maximum absolute atomic E-state index is 14.9. The molecule has 4 nitrogen and oxygen atoms in total. The van der Waals surface area contributed by atoms with Crippen LogP contribution in [0.1, 0.15) is 0 Å². The van der Waals surface area contributed by atoms with E-state index in [0.29, 0.717) is 22.6 Å². The molecule has 1 unspecified atom stereocenters. The first kappa shape index (κ1) is 23.3. The first-order chi connectivity index (χ1) is 19.2. The second-order valence-electron chi connectivity index (χ2n) is 9.39. The van der Waals surface area contributed by atoms with Crippen LogP contribution >= 0.6 is 7.14 Å². The van der Waals surface area contributed by atoms with E-state index in [4.69, 9.17) is 14.7 Å². The van der Waals surface area contributed by atoms with Crippen LogP contribution in [0.5, 0.6) is 11.5 Å².